The van der Waals surface area contributed by atoms with Crippen molar-refractivity contribution < 1.29 is 23.2 Å². The molecule has 6 rings (SSSR count). The van der Waals surface area contributed by atoms with Gasteiger partial charge in [0.05, 0.1) is 23.8 Å². The SMILES string of the molecule is O=C(NCC#Cc1nccs1)C(=O)NCc1ccccc1C(=O)NC1(c2cc(-c3ccn(C4CC4)n3)cc(F)c2F)CC1. The summed E-state index contributed by atoms with van der Waals surface area (Å²) in [7, 11) is 0. The highest BCUT2D eigenvalue weighted by Crippen LogP contribution is 2.48. The summed E-state index contributed by atoms with van der Waals surface area (Å²) in [6.45, 7) is -0.135. The van der Waals surface area contributed by atoms with Crippen LogP contribution in [0.1, 0.15) is 58.2 Å². The lowest BCUT2D eigenvalue weighted by atomic mass is 9.98. The van der Waals surface area contributed by atoms with Gasteiger partial charge in [-0.15, -0.1) is 11.3 Å². The number of aromatic nitrogens is 3. The molecule has 2 aromatic carbocycles. The van der Waals surface area contributed by atoms with Gasteiger partial charge in [-0.1, -0.05) is 24.1 Å². The number of nitrogens with one attached hydrogen (secondary N) is 3. The predicted octanol–water partition coefficient (Wildman–Crippen LogP) is 3.82. The molecule has 0 spiro atoms. The molecule has 2 heterocycles. The van der Waals surface area contributed by atoms with Crippen LogP contribution >= 0.6 is 11.3 Å². The average Bonchev–Trinajstić information content (AvgIpc) is 3.90. The second-order valence-corrected chi connectivity index (χ2v) is 11.3. The zero-order valence-corrected chi connectivity index (χ0v) is 23.6. The van der Waals surface area contributed by atoms with Crippen molar-refractivity contribution in [1.82, 2.24) is 30.7 Å². The highest BCUT2D eigenvalue weighted by atomic mass is 32.1. The predicted molar refractivity (Wildman–Crippen MR) is 155 cm³/mol. The van der Waals surface area contributed by atoms with Crippen LogP contribution in [0.2, 0.25) is 0 Å². The van der Waals surface area contributed by atoms with Gasteiger partial charge in [-0.05, 0) is 61.4 Å². The summed E-state index contributed by atoms with van der Waals surface area (Å²) in [5.41, 5.74) is 0.649. The first-order chi connectivity index (χ1) is 20.8. The molecule has 2 saturated carbocycles. The van der Waals surface area contributed by atoms with Gasteiger partial charge in [0, 0.05) is 41.0 Å². The molecule has 3 amide bonds. The summed E-state index contributed by atoms with van der Waals surface area (Å²) in [6.07, 6.45) is 6.40. The second-order valence-electron chi connectivity index (χ2n) is 10.4. The number of thiazole rings is 1. The van der Waals surface area contributed by atoms with Crippen LogP contribution in [0.3, 0.4) is 0 Å². The molecular formula is C31H26F2N6O3S. The molecule has 0 saturated heterocycles. The van der Waals surface area contributed by atoms with Crippen molar-refractivity contribution in [2.45, 2.75) is 43.8 Å². The van der Waals surface area contributed by atoms with E-state index in [1.54, 1.807) is 48.0 Å². The minimum absolute atomic E-state index is 0.0341. The first-order valence-electron chi connectivity index (χ1n) is 13.7. The van der Waals surface area contributed by atoms with Gasteiger partial charge in [0.2, 0.25) is 0 Å². The maximum absolute atomic E-state index is 15.1. The first-order valence-corrected chi connectivity index (χ1v) is 14.6. The standard InChI is InChI=1S/C31H26F2N6O3S/c32-24-17-20(25-9-14-39(38-25)21-7-8-21)16-23(27(24)33)31(10-11-31)37-28(40)22-5-2-1-4-19(22)18-36-30(42)29(41)35-12-3-6-26-34-13-15-43-26/h1-2,4-5,9,13-17,21H,7-8,10-12,18H2,(H,35,41)(H,36,42)(H,37,40). The first kappa shape index (κ1) is 28.2. The number of benzene rings is 2. The molecule has 0 unspecified atom stereocenters. The highest BCUT2D eigenvalue weighted by Gasteiger charge is 2.48. The molecule has 218 valence electrons. The largest absolute Gasteiger partial charge is 0.344 e. The molecule has 2 aliphatic carbocycles. The third-order valence-electron chi connectivity index (χ3n) is 7.34. The fourth-order valence-electron chi connectivity index (χ4n) is 4.75. The number of halogens is 2. The summed E-state index contributed by atoms with van der Waals surface area (Å²) >= 11 is 1.36. The Morgan fingerprint density at radius 1 is 1.07 bits per heavy atom. The third-order valence-corrected chi connectivity index (χ3v) is 8.03. The summed E-state index contributed by atoms with van der Waals surface area (Å²) in [6, 6.07) is 11.4. The van der Waals surface area contributed by atoms with Gasteiger partial charge in [-0.25, -0.2) is 13.8 Å². The van der Waals surface area contributed by atoms with E-state index in [1.807, 2.05) is 10.9 Å². The zero-order valence-electron chi connectivity index (χ0n) is 22.8. The number of amides is 3. The quantitative estimate of drug-likeness (QED) is 0.210. The Kier molecular flexibility index (Phi) is 7.73. The van der Waals surface area contributed by atoms with E-state index in [0.29, 0.717) is 40.7 Å². The second kappa shape index (κ2) is 11.8. The summed E-state index contributed by atoms with van der Waals surface area (Å²) in [5.74, 6) is 1.21. The normalized spacial score (nSPS) is 14.7. The fraction of sp³-hybridized carbons (Fsp3) is 0.258. The Balaban J connectivity index is 1.12. The summed E-state index contributed by atoms with van der Waals surface area (Å²) < 4.78 is 31.7. The third kappa shape index (κ3) is 6.32. The number of hydrogen-bond donors (Lipinski definition) is 3. The van der Waals surface area contributed by atoms with E-state index in [4.69, 9.17) is 0 Å². The summed E-state index contributed by atoms with van der Waals surface area (Å²) in [5, 5.41) is 14.7. The van der Waals surface area contributed by atoms with Gasteiger partial charge < -0.3 is 16.0 Å². The van der Waals surface area contributed by atoms with Crippen LogP contribution in [0.15, 0.2) is 60.2 Å². The molecule has 0 radical (unpaired) electrons. The number of nitrogens with zero attached hydrogens (tertiary/aromatic N) is 3. The molecule has 0 bridgehead atoms. The van der Waals surface area contributed by atoms with Crippen molar-refractivity contribution in [2.24, 2.45) is 0 Å². The van der Waals surface area contributed by atoms with Crippen molar-refractivity contribution in [3.8, 4) is 23.1 Å². The van der Waals surface area contributed by atoms with Crippen LogP contribution in [0.4, 0.5) is 8.78 Å². The minimum atomic E-state index is -1.08. The van der Waals surface area contributed by atoms with E-state index in [1.165, 1.54) is 11.3 Å². The molecule has 0 aliphatic heterocycles. The zero-order chi connectivity index (χ0) is 30.0. The molecule has 43 heavy (non-hydrogen) atoms. The van der Waals surface area contributed by atoms with Crippen molar-refractivity contribution in [3.63, 3.8) is 0 Å². The van der Waals surface area contributed by atoms with Gasteiger partial charge in [-0.3, -0.25) is 19.1 Å². The lowest BCUT2D eigenvalue weighted by Crippen LogP contribution is -2.40. The Labute approximate surface area is 249 Å². The van der Waals surface area contributed by atoms with Crippen LogP contribution in [-0.4, -0.2) is 39.0 Å². The summed E-state index contributed by atoms with van der Waals surface area (Å²) in [4.78, 5) is 41.9. The van der Waals surface area contributed by atoms with Crippen LogP contribution < -0.4 is 16.0 Å². The van der Waals surface area contributed by atoms with E-state index >= 15 is 4.39 Å². The molecule has 4 aromatic rings. The molecule has 2 aromatic heterocycles. The van der Waals surface area contributed by atoms with Crippen molar-refractivity contribution in [3.05, 3.63) is 93.6 Å². The van der Waals surface area contributed by atoms with E-state index in [0.717, 1.165) is 18.9 Å². The van der Waals surface area contributed by atoms with E-state index in [9.17, 15) is 18.8 Å². The van der Waals surface area contributed by atoms with Gasteiger partial charge in [0.25, 0.3) is 5.91 Å². The van der Waals surface area contributed by atoms with Gasteiger partial charge in [-0.2, -0.15) is 5.10 Å². The number of carbonyl (C=O) groups excluding carboxylic acids is 3. The molecule has 9 nitrogen and oxygen atoms in total. The smallest absolute Gasteiger partial charge is 0.310 e. The van der Waals surface area contributed by atoms with Crippen molar-refractivity contribution in [2.75, 3.05) is 6.54 Å². The van der Waals surface area contributed by atoms with Crippen LogP contribution in [-0.2, 0) is 21.7 Å². The topological polar surface area (TPSA) is 118 Å². The molecule has 2 aliphatic rings. The number of carbonyl (C=O) groups is 3. The minimum Gasteiger partial charge on any atom is -0.344 e. The molecule has 3 N–H and O–H groups in total. The Bertz CT molecular complexity index is 1770. The van der Waals surface area contributed by atoms with E-state index < -0.39 is 34.9 Å². The van der Waals surface area contributed by atoms with Crippen molar-refractivity contribution in [1.29, 1.82) is 0 Å². The molecule has 12 heteroatoms. The van der Waals surface area contributed by atoms with Crippen LogP contribution in [0, 0.1) is 23.5 Å². The number of hydrogen-bond acceptors (Lipinski definition) is 6. The Hall–Kier alpha value is -4.89. The average molecular weight is 601 g/mol. The monoisotopic (exact) mass is 600 g/mol. The Morgan fingerprint density at radius 2 is 1.86 bits per heavy atom. The maximum atomic E-state index is 15.1. The van der Waals surface area contributed by atoms with Gasteiger partial charge in [0.15, 0.2) is 16.6 Å². The fourth-order valence-corrected chi connectivity index (χ4v) is 5.26. The van der Waals surface area contributed by atoms with Crippen molar-refractivity contribution >= 4 is 29.1 Å². The Morgan fingerprint density at radius 3 is 2.60 bits per heavy atom. The number of rotatable bonds is 8. The highest BCUT2D eigenvalue weighted by molar-refractivity contribution is 7.10. The van der Waals surface area contributed by atoms with E-state index in [2.05, 4.69) is 37.9 Å². The van der Waals surface area contributed by atoms with Gasteiger partial charge in [0.1, 0.15) is 0 Å². The molecular weight excluding hydrogens is 574 g/mol. The van der Waals surface area contributed by atoms with E-state index in [-0.39, 0.29) is 24.2 Å². The molecule has 2 fully saturated rings. The van der Waals surface area contributed by atoms with Crippen LogP contribution in [0.25, 0.3) is 11.3 Å². The lowest BCUT2D eigenvalue weighted by Gasteiger charge is -2.21. The maximum Gasteiger partial charge on any atom is 0.310 e. The lowest BCUT2D eigenvalue weighted by molar-refractivity contribution is -0.139. The molecule has 0 atom stereocenters. The van der Waals surface area contributed by atoms with Crippen LogP contribution in [0.5, 0.6) is 0 Å². The van der Waals surface area contributed by atoms with Gasteiger partial charge >= 0.3 is 11.8 Å².